The molecule has 0 saturated carbocycles. The van der Waals surface area contributed by atoms with Crippen LogP contribution in [0, 0.1) is 5.82 Å². The zero-order valence-electron chi connectivity index (χ0n) is 9.72. The van der Waals surface area contributed by atoms with Gasteiger partial charge < -0.3 is 5.73 Å². The molecule has 1 aromatic carbocycles. The monoisotopic (exact) mass is 255 g/mol. The Morgan fingerprint density at radius 3 is 2.53 bits per heavy atom. The van der Waals surface area contributed by atoms with Crippen LogP contribution in [-0.4, -0.2) is 9.78 Å². The summed E-state index contributed by atoms with van der Waals surface area (Å²) in [5.41, 5.74) is 7.90. The van der Waals surface area contributed by atoms with E-state index in [0.29, 0.717) is 5.56 Å². The lowest BCUT2D eigenvalue weighted by molar-refractivity contribution is 0.594. The van der Waals surface area contributed by atoms with Gasteiger partial charge in [0.05, 0.1) is 6.20 Å². The zero-order valence-corrected chi connectivity index (χ0v) is 10.5. The molecule has 5 heteroatoms. The number of hydrogen-bond donors (Lipinski definition) is 1. The fraction of sp³-hybridized carbons (Fsp3) is 0.250. The van der Waals surface area contributed by atoms with Gasteiger partial charge in [-0.05, 0) is 18.6 Å². The summed E-state index contributed by atoms with van der Waals surface area (Å²) in [6.07, 6.45) is 3.56. The molecule has 0 amide bonds. The molecule has 1 heterocycles. The molecule has 0 fully saturated rings. The molecule has 0 saturated heterocycles. The van der Waals surface area contributed by atoms with E-state index in [0.717, 1.165) is 11.1 Å². The summed E-state index contributed by atoms with van der Waals surface area (Å²) in [5.74, 6) is -0.267. The van der Waals surface area contributed by atoms with Gasteiger partial charge in [-0.3, -0.25) is 4.68 Å². The minimum Gasteiger partial charge on any atom is -0.324 e. The second kappa shape index (κ2) is 5.29. The van der Waals surface area contributed by atoms with Gasteiger partial charge in [0, 0.05) is 30.4 Å². The first-order chi connectivity index (χ1) is 7.58. The van der Waals surface area contributed by atoms with E-state index >= 15 is 0 Å². The minimum absolute atomic E-state index is 0. The maximum absolute atomic E-state index is 13.7. The normalized spacial score (nSPS) is 12.0. The lowest BCUT2D eigenvalue weighted by atomic mass is 10.0. The Labute approximate surface area is 106 Å². The summed E-state index contributed by atoms with van der Waals surface area (Å²) in [6.45, 7) is 1.77. The first-order valence-electron chi connectivity index (χ1n) is 5.12. The van der Waals surface area contributed by atoms with Crippen LogP contribution >= 0.6 is 12.4 Å². The van der Waals surface area contributed by atoms with Gasteiger partial charge in [-0.25, -0.2) is 4.39 Å². The molecule has 1 aromatic heterocycles. The summed E-state index contributed by atoms with van der Waals surface area (Å²) < 4.78 is 15.4. The summed E-state index contributed by atoms with van der Waals surface area (Å²) in [4.78, 5) is 0. The smallest absolute Gasteiger partial charge is 0.128 e. The highest BCUT2D eigenvalue weighted by Crippen LogP contribution is 2.23. The molecule has 0 aliphatic carbocycles. The molecule has 2 aromatic rings. The number of benzene rings is 1. The third-order valence-electron chi connectivity index (χ3n) is 2.53. The van der Waals surface area contributed by atoms with E-state index in [-0.39, 0.29) is 24.3 Å². The highest BCUT2D eigenvalue weighted by atomic mass is 35.5. The lowest BCUT2D eigenvalue weighted by Gasteiger charge is -2.08. The van der Waals surface area contributed by atoms with E-state index < -0.39 is 0 Å². The van der Waals surface area contributed by atoms with Gasteiger partial charge in [-0.2, -0.15) is 5.10 Å². The highest BCUT2D eigenvalue weighted by molar-refractivity contribution is 5.85. The molecule has 0 aliphatic rings. The number of nitrogens with zero attached hydrogens (tertiary/aromatic N) is 2. The van der Waals surface area contributed by atoms with Gasteiger partial charge in [0.15, 0.2) is 0 Å². The van der Waals surface area contributed by atoms with Crippen LogP contribution in [0.2, 0.25) is 0 Å². The molecule has 1 unspecified atom stereocenters. The van der Waals surface area contributed by atoms with Crippen LogP contribution in [0.5, 0.6) is 0 Å². The quantitative estimate of drug-likeness (QED) is 0.897. The van der Waals surface area contributed by atoms with Crippen molar-refractivity contribution in [3.05, 3.63) is 42.0 Å². The SMILES string of the molecule is CC(N)c1ccc(-c2cnn(C)c2)cc1F.Cl. The van der Waals surface area contributed by atoms with Crippen molar-refractivity contribution in [1.82, 2.24) is 9.78 Å². The van der Waals surface area contributed by atoms with Gasteiger partial charge in [-0.1, -0.05) is 12.1 Å². The maximum atomic E-state index is 13.7. The molecule has 0 radical (unpaired) electrons. The van der Waals surface area contributed by atoms with Crippen LogP contribution in [0.25, 0.3) is 11.1 Å². The van der Waals surface area contributed by atoms with Crippen molar-refractivity contribution >= 4 is 12.4 Å². The lowest BCUT2D eigenvalue weighted by Crippen LogP contribution is -2.07. The second-order valence-corrected chi connectivity index (χ2v) is 3.93. The highest BCUT2D eigenvalue weighted by Gasteiger charge is 2.09. The third kappa shape index (κ3) is 2.84. The first kappa shape index (κ1) is 13.7. The summed E-state index contributed by atoms with van der Waals surface area (Å²) in [5, 5.41) is 4.05. The largest absolute Gasteiger partial charge is 0.324 e. The molecule has 2 rings (SSSR count). The van der Waals surface area contributed by atoms with Crippen molar-refractivity contribution in [2.75, 3.05) is 0 Å². The molecule has 0 spiro atoms. The van der Waals surface area contributed by atoms with E-state index in [9.17, 15) is 4.39 Å². The Morgan fingerprint density at radius 2 is 2.06 bits per heavy atom. The molecular formula is C12H15ClFN3. The summed E-state index contributed by atoms with van der Waals surface area (Å²) in [6, 6.07) is 4.79. The van der Waals surface area contributed by atoms with Gasteiger partial charge in [0.1, 0.15) is 5.82 Å². The fourth-order valence-electron chi connectivity index (χ4n) is 1.65. The predicted octanol–water partition coefficient (Wildman–Crippen LogP) is 2.67. The average molecular weight is 256 g/mol. The minimum atomic E-state index is -0.289. The molecule has 17 heavy (non-hydrogen) atoms. The van der Waals surface area contributed by atoms with Gasteiger partial charge in [0.25, 0.3) is 0 Å². The summed E-state index contributed by atoms with van der Waals surface area (Å²) >= 11 is 0. The Balaban J connectivity index is 0.00000144. The molecule has 0 bridgehead atoms. The first-order valence-corrected chi connectivity index (χ1v) is 5.12. The third-order valence-corrected chi connectivity index (χ3v) is 2.53. The maximum Gasteiger partial charge on any atom is 0.128 e. The van der Waals surface area contributed by atoms with Crippen LogP contribution in [0.1, 0.15) is 18.5 Å². The van der Waals surface area contributed by atoms with Crippen LogP contribution in [0.3, 0.4) is 0 Å². The second-order valence-electron chi connectivity index (χ2n) is 3.93. The zero-order chi connectivity index (χ0) is 11.7. The van der Waals surface area contributed by atoms with E-state index in [1.54, 1.807) is 23.9 Å². The van der Waals surface area contributed by atoms with Crippen LogP contribution in [0.4, 0.5) is 4.39 Å². The van der Waals surface area contributed by atoms with Gasteiger partial charge >= 0.3 is 0 Å². The van der Waals surface area contributed by atoms with Crippen molar-refractivity contribution in [2.45, 2.75) is 13.0 Å². The van der Waals surface area contributed by atoms with Crippen LogP contribution < -0.4 is 5.73 Å². The van der Waals surface area contributed by atoms with Crippen LogP contribution in [0.15, 0.2) is 30.6 Å². The number of nitrogens with two attached hydrogens (primary N) is 1. The molecule has 0 aliphatic heterocycles. The van der Waals surface area contributed by atoms with E-state index in [1.165, 1.54) is 6.07 Å². The van der Waals surface area contributed by atoms with E-state index in [4.69, 9.17) is 5.73 Å². The van der Waals surface area contributed by atoms with E-state index in [1.807, 2.05) is 19.3 Å². The number of halogens is 2. The Bertz CT molecular complexity index is 508. The predicted molar refractivity (Wildman–Crippen MR) is 68.5 cm³/mol. The van der Waals surface area contributed by atoms with Crippen LogP contribution in [-0.2, 0) is 7.05 Å². The van der Waals surface area contributed by atoms with Crippen molar-refractivity contribution in [2.24, 2.45) is 12.8 Å². The molecule has 2 N–H and O–H groups in total. The number of hydrogen-bond acceptors (Lipinski definition) is 2. The van der Waals surface area contributed by atoms with Crippen molar-refractivity contribution < 1.29 is 4.39 Å². The van der Waals surface area contributed by atoms with Gasteiger partial charge in [0.2, 0.25) is 0 Å². The Hall–Kier alpha value is -1.39. The van der Waals surface area contributed by atoms with E-state index in [2.05, 4.69) is 5.10 Å². The number of aryl methyl sites for hydroxylation is 1. The van der Waals surface area contributed by atoms with Crippen molar-refractivity contribution in [3.63, 3.8) is 0 Å². The molecule has 3 nitrogen and oxygen atoms in total. The standard InChI is InChI=1S/C12H14FN3.ClH/c1-8(14)11-4-3-9(5-12(11)13)10-6-15-16(2)7-10;/h3-8H,14H2,1-2H3;1H. The number of aromatic nitrogens is 2. The molecule has 92 valence electrons. The topological polar surface area (TPSA) is 43.8 Å². The molecule has 1 atom stereocenters. The summed E-state index contributed by atoms with van der Waals surface area (Å²) in [7, 11) is 1.83. The van der Waals surface area contributed by atoms with Crippen molar-refractivity contribution in [3.8, 4) is 11.1 Å². The van der Waals surface area contributed by atoms with Crippen molar-refractivity contribution in [1.29, 1.82) is 0 Å². The Morgan fingerprint density at radius 1 is 1.35 bits per heavy atom. The van der Waals surface area contributed by atoms with Gasteiger partial charge in [-0.15, -0.1) is 12.4 Å². The Kier molecular flexibility index (Phi) is 4.26. The molecular weight excluding hydrogens is 241 g/mol. The number of rotatable bonds is 2. The fourth-order valence-corrected chi connectivity index (χ4v) is 1.65. The average Bonchev–Trinajstić information content (AvgIpc) is 2.64.